The normalized spacial score (nSPS) is 15.2. The maximum absolute atomic E-state index is 12.4. The molecule has 2 rings (SSSR count). The highest BCUT2D eigenvalue weighted by atomic mass is 35.5. The van der Waals surface area contributed by atoms with Crippen molar-refractivity contribution in [3.8, 4) is 0 Å². The van der Waals surface area contributed by atoms with Crippen LogP contribution >= 0.6 is 12.4 Å². The highest BCUT2D eigenvalue weighted by Gasteiger charge is 2.31. The van der Waals surface area contributed by atoms with Crippen molar-refractivity contribution in [1.29, 1.82) is 0 Å². The molecular formula is C15H19ClF3N3O2. The van der Waals surface area contributed by atoms with Gasteiger partial charge in [-0.15, -0.1) is 12.4 Å². The summed E-state index contributed by atoms with van der Waals surface area (Å²) in [6, 6.07) is 3.70. The minimum atomic E-state index is -4.45. The number of hydrogen-bond acceptors (Lipinski definition) is 3. The third-order valence-electron chi connectivity index (χ3n) is 3.68. The number of nitrogens with one attached hydrogen (secondary N) is 2. The fourth-order valence-corrected chi connectivity index (χ4v) is 2.20. The summed E-state index contributed by atoms with van der Waals surface area (Å²) in [6.07, 6.45) is -2.39. The Balaban J connectivity index is 0.00000288. The monoisotopic (exact) mass is 365 g/mol. The lowest BCUT2D eigenvalue weighted by atomic mass is 10.1. The average molecular weight is 366 g/mol. The molecule has 0 aliphatic heterocycles. The van der Waals surface area contributed by atoms with E-state index in [1.807, 2.05) is 0 Å². The summed E-state index contributed by atoms with van der Waals surface area (Å²) in [5.74, 6) is -0.577. The van der Waals surface area contributed by atoms with Gasteiger partial charge in [0.2, 0.25) is 5.91 Å². The molecule has 1 aliphatic carbocycles. The first-order chi connectivity index (χ1) is 10.8. The fourth-order valence-electron chi connectivity index (χ4n) is 2.20. The number of carbonyl (C=O) groups excluding carboxylic acids is 2. The number of halogens is 4. The molecule has 134 valence electrons. The van der Waals surface area contributed by atoms with Crippen molar-refractivity contribution in [2.75, 3.05) is 13.1 Å². The van der Waals surface area contributed by atoms with Crippen LogP contribution in [-0.4, -0.2) is 30.9 Å². The van der Waals surface area contributed by atoms with E-state index in [0.717, 1.165) is 37.1 Å². The lowest BCUT2D eigenvalue weighted by Crippen LogP contribution is -2.46. The van der Waals surface area contributed by atoms with Crippen molar-refractivity contribution < 1.29 is 22.8 Å². The fraction of sp³-hybridized carbons (Fsp3) is 0.467. The van der Waals surface area contributed by atoms with E-state index in [4.69, 9.17) is 5.73 Å². The molecule has 1 aromatic carbocycles. The number of amides is 2. The maximum Gasteiger partial charge on any atom is 0.416 e. The van der Waals surface area contributed by atoms with Crippen molar-refractivity contribution in [1.82, 2.24) is 10.6 Å². The maximum atomic E-state index is 12.4. The van der Waals surface area contributed by atoms with Gasteiger partial charge < -0.3 is 16.4 Å². The van der Waals surface area contributed by atoms with Gasteiger partial charge in [-0.2, -0.15) is 13.2 Å². The molecule has 0 spiro atoms. The van der Waals surface area contributed by atoms with E-state index in [2.05, 4.69) is 10.6 Å². The summed E-state index contributed by atoms with van der Waals surface area (Å²) < 4.78 is 37.3. The summed E-state index contributed by atoms with van der Waals surface area (Å²) in [6.45, 7) is 0.0896. The molecule has 0 aromatic heterocycles. The van der Waals surface area contributed by atoms with E-state index in [0.29, 0.717) is 12.5 Å². The Bertz CT molecular complexity index is 574. The molecular weight excluding hydrogens is 347 g/mol. The zero-order valence-electron chi connectivity index (χ0n) is 12.7. The van der Waals surface area contributed by atoms with Crippen molar-refractivity contribution in [2.24, 2.45) is 11.7 Å². The van der Waals surface area contributed by atoms with Gasteiger partial charge in [0.15, 0.2) is 0 Å². The third kappa shape index (κ3) is 5.68. The summed E-state index contributed by atoms with van der Waals surface area (Å²) in [5, 5.41) is 5.11. The van der Waals surface area contributed by atoms with Crippen LogP contribution in [0.3, 0.4) is 0 Å². The quantitative estimate of drug-likeness (QED) is 0.717. The first kappa shape index (κ1) is 20.2. The lowest BCUT2D eigenvalue weighted by Gasteiger charge is -2.16. The van der Waals surface area contributed by atoms with Crippen LogP contribution in [0, 0.1) is 5.92 Å². The number of carbonyl (C=O) groups is 2. The van der Waals surface area contributed by atoms with Crippen molar-refractivity contribution in [2.45, 2.75) is 25.1 Å². The predicted molar refractivity (Wildman–Crippen MR) is 84.7 cm³/mol. The van der Waals surface area contributed by atoms with E-state index in [1.54, 1.807) is 0 Å². The molecule has 24 heavy (non-hydrogen) atoms. The second-order valence-corrected chi connectivity index (χ2v) is 5.50. The molecule has 1 saturated carbocycles. The van der Waals surface area contributed by atoms with Gasteiger partial charge in [0, 0.05) is 18.2 Å². The third-order valence-corrected chi connectivity index (χ3v) is 3.68. The number of alkyl halides is 3. The standard InChI is InChI=1S/C15H18F3N3O2.ClH/c16-15(17,18)11-5-3-10(4-6-11)14(23)20-8-13(22)21-12(7-19)9-1-2-9;/h3-6,9,12H,1-2,7-8,19H2,(H,20,23)(H,21,22);1H. The highest BCUT2D eigenvalue weighted by molar-refractivity contribution is 5.96. The van der Waals surface area contributed by atoms with E-state index in [-0.39, 0.29) is 36.5 Å². The van der Waals surface area contributed by atoms with Crippen LogP contribution in [0.5, 0.6) is 0 Å². The molecule has 4 N–H and O–H groups in total. The highest BCUT2D eigenvalue weighted by Crippen LogP contribution is 2.32. The Kier molecular flexibility index (Phi) is 7.04. The largest absolute Gasteiger partial charge is 0.416 e. The van der Waals surface area contributed by atoms with Gasteiger partial charge >= 0.3 is 6.18 Å². The molecule has 0 bridgehead atoms. The average Bonchev–Trinajstić information content (AvgIpc) is 3.34. The van der Waals surface area contributed by atoms with Gasteiger partial charge in [0.05, 0.1) is 12.1 Å². The van der Waals surface area contributed by atoms with Crippen LogP contribution < -0.4 is 16.4 Å². The number of benzene rings is 1. The second-order valence-electron chi connectivity index (χ2n) is 5.50. The molecule has 1 atom stereocenters. The smallest absolute Gasteiger partial charge is 0.350 e. The molecule has 1 fully saturated rings. The summed E-state index contributed by atoms with van der Waals surface area (Å²) >= 11 is 0. The van der Waals surface area contributed by atoms with Crippen molar-refractivity contribution in [3.05, 3.63) is 35.4 Å². The molecule has 1 unspecified atom stereocenters. The first-order valence-corrected chi connectivity index (χ1v) is 7.26. The molecule has 1 aromatic rings. The van der Waals surface area contributed by atoms with Gasteiger partial charge in [-0.1, -0.05) is 0 Å². The number of hydrogen-bond donors (Lipinski definition) is 3. The summed E-state index contributed by atoms with van der Waals surface area (Å²) in [7, 11) is 0. The summed E-state index contributed by atoms with van der Waals surface area (Å²) in [5.41, 5.74) is 4.79. The predicted octanol–water partition coefficient (Wildman–Crippen LogP) is 1.71. The van der Waals surface area contributed by atoms with Gasteiger partial charge in [0.25, 0.3) is 5.91 Å². The molecule has 1 aliphatic rings. The molecule has 9 heteroatoms. The topological polar surface area (TPSA) is 84.2 Å². The van der Waals surface area contributed by atoms with Crippen molar-refractivity contribution >= 4 is 24.2 Å². The Hall–Kier alpha value is -1.80. The van der Waals surface area contributed by atoms with Crippen LogP contribution in [-0.2, 0) is 11.0 Å². The zero-order valence-corrected chi connectivity index (χ0v) is 13.5. The Morgan fingerprint density at radius 2 is 1.79 bits per heavy atom. The zero-order chi connectivity index (χ0) is 17.0. The van der Waals surface area contributed by atoms with Gasteiger partial charge in [-0.25, -0.2) is 0 Å². The number of rotatable bonds is 6. The van der Waals surface area contributed by atoms with Crippen LogP contribution in [0.15, 0.2) is 24.3 Å². The Morgan fingerprint density at radius 3 is 2.25 bits per heavy atom. The summed E-state index contributed by atoms with van der Waals surface area (Å²) in [4.78, 5) is 23.6. The molecule has 0 radical (unpaired) electrons. The van der Waals surface area contributed by atoms with E-state index >= 15 is 0 Å². The van der Waals surface area contributed by atoms with Gasteiger partial charge in [-0.05, 0) is 43.0 Å². The minimum Gasteiger partial charge on any atom is -0.350 e. The number of nitrogens with two attached hydrogens (primary N) is 1. The van der Waals surface area contributed by atoms with E-state index in [1.165, 1.54) is 0 Å². The van der Waals surface area contributed by atoms with E-state index in [9.17, 15) is 22.8 Å². The van der Waals surface area contributed by atoms with Crippen molar-refractivity contribution in [3.63, 3.8) is 0 Å². The molecule has 5 nitrogen and oxygen atoms in total. The van der Waals surface area contributed by atoms with Crippen LogP contribution in [0.4, 0.5) is 13.2 Å². The van der Waals surface area contributed by atoms with Gasteiger partial charge in [-0.3, -0.25) is 9.59 Å². The second kappa shape index (κ2) is 8.34. The Morgan fingerprint density at radius 1 is 1.21 bits per heavy atom. The van der Waals surface area contributed by atoms with Crippen LogP contribution in [0.2, 0.25) is 0 Å². The molecule has 2 amide bonds. The first-order valence-electron chi connectivity index (χ1n) is 7.26. The molecule has 0 saturated heterocycles. The SMILES string of the molecule is Cl.NCC(NC(=O)CNC(=O)c1ccc(C(F)(F)F)cc1)C1CC1. The molecule has 0 heterocycles. The Labute approximate surface area is 143 Å². The lowest BCUT2D eigenvalue weighted by molar-refractivity contribution is -0.137. The van der Waals surface area contributed by atoms with Crippen LogP contribution in [0.25, 0.3) is 0 Å². The minimum absolute atomic E-state index is 0. The van der Waals surface area contributed by atoms with Crippen LogP contribution in [0.1, 0.15) is 28.8 Å². The van der Waals surface area contributed by atoms with E-state index < -0.39 is 17.6 Å². The van der Waals surface area contributed by atoms with Gasteiger partial charge in [0.1, 0.15) is 0 Å².